The number of Topliss-reactive ketones (excluding diaryl/α,β-unsaturated/α-hetero) is 1. The molecule has 0 aliphatic carbocycles. The minimum absolute atomic E-state index is 0.0148. The van der Waals surface area contributed by atoms with Crippen LogP contribution in [-0.2, 0) is 4.79 Å². The summed E-state index contributed by atoms with van der Waals surface area (Å²) in [5.41, 5.74) is 1.30. The molecule has 1 aliphatic rings. The predicted octanol–water partition coefficient (Wildman–Crippen LogP) is 1.57. The maximum absolute atomic E-state index is 12.0. The summed E-state index contributed by atoms with van der Waals surface area (Å²) >= 11 is 0. The predicted molar refractivity (Wildman–Crippen MR) is 77.5 cm³/mol. The lowest BCUT2D eigenvalue weighted by Crippen LogP contribution is -2.40. The second-order valence-electron chi connectivity index (χ2n) is 5.23. The molecule has 0 saturated carbocycles. The highest BCUT2D eigenvalue weighted by molar-refractivity contribution is 6.01. The van der Waals surface area contributed by atoms with Crippen LogP contribution in [0.5, 0.6) is 5.75 Å². The van der Waals surface area contributed by atoms with Crippen LogP contribution < -0.4 is 9.64 Å². The fourth-order valence-corrected chi connectivity index (χ4v) is 2.21. The Labute approximate surface area is 119 Å². The number of benzene rings is 1. The zero-order valence-electron chi connectivity index (χ0n) is 12.2. The topological polar surface area (TPSA) is 49.9 Å². The Bertz CT molecular complexity index is 526. The lowest BCUT2D eigenvalue weighted by molar-refractivity contribution is -0.121. The molecule has 20 heavy (non-hydrogen) atoms. The first-order chi connectivity index (χ1) is 9.49. The quantitative estimate of drug-likeness (QED) is 0.766. The number of carbonyl (C=O) groups excluding carboxylic acids is 2. The van der Waals surface area contributed by atoms with Gasteiger partial charge in [-0.15, -0.1) is 0 Å². The van der Waals surface area contributed by atoms with Crippen LogP contribution in [0.3, 0.4) is 0 Å². The fraction of sp³-hybridized carbons (Fsp3) is 0.467. The Morgan fingerprint density at radius 1 is 1.40 bits per heavy atom. The largest absolute Gasteiger partial charge is 0.482 e. The van der Waals surface area contributed by atoms with Gasteiger partial charge in [0.05, 0.1) is 5.69 Å². The van der Waals surface area contributed by atoms with Gasteiger partial charge in [-0.3, -0.25) is 9.59 Å². The third kappa shape index (κ3) is 3.17. The molecule has 0 fully saturated rings. The van der Waals surface area contributed by atoms with Gasteiger partial charge in [-0.05, 0) is 52.2 Å². The highest BCUT2D eigenvalue weighted by Crippen LogP contribution is 2.33. The van der Waals surface area contributed by atoms with E-state index in [2.05, 4.69) is 4.90 Å². The van der Waals surface area contributed by atoms with E-state index in [1.54, 1.807) is 23.1 Å². The molecule has 0 radical (unpaired) electrons. The van der Waals surface area contributed by atoms with Crippen LogP contribution in [0.15, 0.2) is 18.2 Å². The van der Waals surface area contributed by atoms with E-state index < -0.39 is 0 Å². The van der Waals surface area contributed by atoms with Crippen molar-refractivity contribution >= 4 is 17.4 Å². The molecule has 0 aromatic heterocycles. The number of nitrogens with zero attached hydrogens (tertiary/aromatic N) is 2. The SMILES string of the molecule is CC(=O)c1ccc2c(c1)N(CCCN(C)C)C(=O)CO2. The van der Waals surface area contributed by atoms with Crippen molar-refractivity contribution in [3.63, 3.8) is 0 Å². The number of carbonyl (C=O) groups is 2. The first kappa shape index (κ1) is 14.5. The zero-order chi connectivity index (χ0) is 14.7. The third-order valence-corrected chi connectivity index (χ3v) is 3.30. The van der Waals surface area contributed by atoms with Crippen LogP contribution in [0.4, 0.5) is 5.69 Å². The summed E-state index contributed by atoms with van der Waals surface area (Å²) in [6.45, 7) is 3.12. The number of ether oxygens (including phenoxy) is 1. The van der Waals surface area contributed by atoms with E-state index >= 15 is 0 Å². The molecule has 0 N–H and O–H groups in total. The first-order valence-corrected chi connectivity index (χ1v) is 6.72. The Kier molecular flexibility index (Phi) is 4.39. The van der Waals surface area contributed by atoms with Gasteiger partial charge in [0.25, 0.3) is 5.91 Å². The lowest BCUT2D eigenvalue weighted by Gasteiger charge is -2.30. The van der Waals surface area contributed by atoms with Crippen molar-refractivity contribution in [3.8, 4) is 5.75 Å². The minimum atomic E-state index is -0.0584. The van der Waals surface area contributed by atoms with Gasteiger partial charge in [0.2, 0.25) is 0 Å². The number of anilines is 1. The minimum Gasteiger partial charge on any atom is -0.482 e. The van der Waals surface area contributed by atoms with E-state index in [9.17, 15) is 9.59 Å². The molecule has 1 amide bonds. The zero-order valence-corrected chi connectivity index (χ0v) is 12.2. The summed E-state index contributed by atoms with van der Waals surface area (Å²) < 4.78 is 5.42. The molecule has 0 unspecified atom stereocenters. The number of rotatable bonds is 5. The van der Waals surface area contributed by atoms with Crippen molar-refractivity contribution in [1.29, 1.82) is 0 Å². The van der Waals surface area contributed by atoms with Crippen molar-refractivity contribution in [2.75, 3.05) is 38.7 Å². The first-order valence-electron chi connectivity index (χ1n) is 6.72. The molecule has 1 heterocycles. The highest BCUT2D eigenvalue weighted by Gasteiger charge is 2.25. The summed E-state index contributed by atoms with van der Waals surface area (Å²) in [6, 6.07) is 5.23. The average molecular weight is 276 g/mol. The third-order valence-electron chi connectivity index (χ3n) is 3.30. The fourth-order valence-electron chi connectivity index (χ4n) is 2.21. The van der Waals surface area contributed by atoms with Crippen LogP contribution >= 0.6 is 0 Å². The molecule has 108 valence electrons. The van der Waals surface area contributed by atoms with Crippen LogP contribution in [0, 0.1) is 0 Å². The van der Waals surface area contributed by atoms with Gasteiger partial charge in [0, 0.05) is 12.1 Å². The maximum atomic E-state index is 12.0. The normalized spacial score (nSPS) is 14.2. The van der Waals surface area contributed by atoms with Crippen molar-refractivity contribution in [2.45, 2.75) is 13.3 Å². The number of amides is 1. The molecule has 5 nitrogen and oxygen atoms in total. The van der Waals surface area contributed by atoms with Crippen LogP contribution in [0.25, 0.3) is 0 Å². The highest BCUT2D eigenvalue weighted by atomic mass is 16.5. The Balaban J connectivity index is 2.22. The number of hydrogen-bond acceptors (Lipinski definition) is 4. The van der Waals surface area contributed by atoms with Gasteiger partial charge < -0.3 is 14.5 Å². The van der Waals surface area contributed by atoms with Gasteiger partial charge in [-0.1, -0.05) is 0 Å². The standard InChI is InChI=1S/C15H20N2O3/c1-11(18)12-5-6-14-13(9-12)17(15(19)10-20-14)8-4-7-16(2)3/h5-6,9H,4,7-8,10H2,1-3H3. The summed E-state index contributed by atoms with van der Waals surface area (Å²) in [4.78, 5) is 27.3. The van der Waals surface area contributed by atoms with E-state index in [0.29, 0.717) is 23.5 Å². The van der Waals surface area contributed by atoms with Gasteiger partial charge in [-0.2, -0.15) is 0 Å². The van der Waals surface area contributed by atoms with Gasteiger partial charge in [0.1, 0.15) is 5.75 Å². The Morgan fingerprint density at radius 2 is 2.15 bits per heavy atom. The van der Waals surface area contributed by atoms with Crippen molar-refractivity contribution < 1.29 is 14.3 Å². The molecular formula is C15H20N2O3. The molecule has 5 heteroatoms. The van der Waals surface area contributed by atoms with Crippen molar-refractivity contribution in [3.05, 3.63) is 23.8 Å². The molecule has 0 bridgehead atoms. The summed E-state index contributed by atoms with van der Waals surface area (Å²) in [6.07, 6.45) is 0.877. The Hall–Kier alpha value is -1.88. The molecule has 0 atom stereocenters. The summed E-state index contributed by atoms with van der Waals surface area (Å²) in [5.74, 6) is 0.593. The monoisotopic (exact) mass is 276 g/mol. The van der Waals surface area contributed by atoms with E-state index in [0.717, 1.165) is 13.0 Å². The lowest BCUT2D eigenvalue weighted by atomic mass is 10.1. The van der Waals surface area contributed by atoms with Crippen LogP contribution in [0.1, 0.15) is 23.7 Å². The second-order valence-corrected chi connectivity index (χ2v) is 5.23. The molecule has 0 saturated heterocycles. The number of hydrogen-bond donors (Lipinski definition) is 0. The van der Waals surface area contributed by atoms with Gasteiger partial charge in [-0.25, -0.2) is 0 Å². The summed E-state index contributed by atoms with van der Waals surface area (Å²) in [5, 5.41) is 0. The van der Waals surface area contributed by atoms with Crippen LogP contribution in [-0.4, -0.2) is 50.4 Å². The van der Waals surface area contributed by atoms with E-state index in [-0.39, 0.29) is 18.3 Å². The van der Waals surface area contributed by atoms with E-state index in [4.69, 9.17) is 4.74 Å². The number of ketones is 1. The molecular weight excluding hydrogens is 256 g/mol. The second kappa shape index (κ2) is 6.05. The molecule has 0 spiro atoms. The van der Waals surface area contributed by atoms with E-state index in [1.807, 2.05) is 14.1 Å². The average Bonchev–Trinajstić information content (AvgIpc) is 2.40. The molecule has 1 aromatic rings. The molecule has 1 aromatic carbocycles. The van der Waals surface area contributed by atoms with Gasteiger partial charge >= 0.3 is 0 Å². The van der Waals surface area contributed by atoms with Crippen molar-refractivity contribution in [2.24, 2.45) is 0 Å². The maximum Gasteiger partial charge on any atom is 0.265 e. The van der Waals surface area contributed by atoms with Gasteiger partial charge in [0.15, 0.2) is 12.4 Å². The smallest absolute Gasteiger partial charge is 0.265 e. The van der Waals surface area contributed by atoms with Crippen molar-refractivity contribution in [1.82, 2.24) is 4.90 Å². The van der Waals surface area contributed by atoms with E-state index in [1.165, 1.54) is 6.92 Å². The molecule has 2 rings (SSSR count). The van der Waals surface area contributed by atoms with Crippen LogP contribution in [0.2, 0.25) is 0 Å². The Morgan fingerprint density at radius 3 is 2.80 bits per heavy atom. The number of fused-ring (bicyclic) bond motifs is 1. The summed E-state index contributed by atoms with van der Waals surface area (Å²) in [7, 11) is 4.01. The molecule has 1 aliphatic heterocycles.